The van der Waals surface area contributed by atoms with Crippen LogP contribution in [0.4, 0.5) is 0 Å². The number of carboxylic acid groups (broad SMARTS) is 2. The zero-order valence-electron chi connectivity index (χ0n) is 13.5. The summed E-state index contributed by atoms with van der Waals surface area (Å²) >= 11 is 0. The first-order valence-electron chi connectivity index (χ1n) is 7.47. The number of ether oxygens (including phenoxy) is 1. The Labute approximate surface area is 135 Å². The van der Waals surface area contributed by atoms with E-state index >= 15 is 0 Å². The molecule has 6 heteroatoms. The number of rotatable bonds is 8. The van der Waals surface area contributed by atoms with Gasteiger partial charge in [0.2, 0.25) is 0 Å². The van der Waals surface area contributed by atoms with Crippen molar-refractivity contribution < 1.29 is 29.3 Å². The number of hydrogen-bond donors (Lipinski definition) is 2. The summed E-state index contributed by atoms with van der Waals surface area (Å²) in [6.45, 7) is 5.46. The summed E-state index contributed by atoms with van der Waals surface area (Å²) in [4.78, 5) is 34.0. The topological polar surface area (TPSA) is 101 Å². The number of carbonyl (C=O) groups is 3. The van der Waals surface area contributed by atoms with Crippen molar-refractivity contribution in [3.8, 4) is 0 Å². The predicted molar refractivity (Wildman–Crippen MR) is 83.5 cm³/mol. The van der Waals surface area contributed by atoms with Crippen molar-refractivity contribution in [2.45, 2.75) is 39.7 Å². The predicted octanol–water partition coefficient (Wildman–Crippen LogP) is 3.07. The van der Waals surface area contributed by atoms with Gasteiger partial charge in [-0.05, 0) is 37.3 Å². The maximum Gasteiger partial charge on any atom is 0.339 e. The number of carbonyl (C=O) groups excluding carboxylic acids is 1. The molecule has 126 valence electrons. The maximum atomic E-state index is 12.1. The highest BCUT2D eigenvalue weighted by Crippen LogP contribution is 2.22. The van der Waals surface area contributed by atoms with E-state index in [2.05, 4.69) is 0 Å². The molecule has 0 aliphatic heterocycles. The highest BCUT2D eigenvalue weighted by atomic mass is 16.5. The molecule has 3 atom stereocenters. The van der Waals surface area contributed by atoms with Gasteiger partial charge in [0.1, 0.15) is 0 Å². The Bertz CT molecular complexity index is 580. The maximum absolute atomic E-state index is 12.1. The lowest BCUT2D eigenvalue weighted by molar-refractivity contribution is -0.138. The first-order chi connectivity index (χ1) is 10.7. The SMILES string of the molecule is CC(CC(C)C(C)CC(=O)O)OC(=O)c1ccccc1C(=O)O. The van der Waals surface area contributed by atoms with Crippen molar-refractivity contribution in [3.05, 3.63) is 35.4 Å². The van der Waals surface area contributed by atoms with Gasteiger partial charge in [0, 0.05) is 6.42 Å². The van der Waals surface area contributed by atoms with Crippen molar-refractivity contribution >= 4 is 17.9 Å². The minimum atomic E-state index is -1.19. The number of carboxylic acids is 2. The third-order valence-electron chi connectivity index (χ3n) is 3.86. The van der Waals surface area contributed by atoms with E-state index in [1.54, 1.807) is 19.1 Å². The van der Waals surface area contributed by atoms with Gasteiger partial charge in [-0.2, -0.15) is 0 Å². The largest absolute Gasteiger partial charge is 0.481 e. The average Bonchev–Trinajstić information content (AvgIpc) is 2.46. The van der Waals surface area contributed by atoms with Gasteiger partial charge in [0.25, 0.3) is 0 Å². The molecule has 0 amide bonds. The van der Waals surface area contributed by atoms with Gasteiger partial charge in [0.05, 0.1) is 17.2 Å². The van der Waals surface area contributed by atoms with E-state index in [4.69, 9.17) is 14.9 Å². The van der Waals surface area contributed by atoms with Gasteiger partial charge in [-0.15, -0.1) is 0 Å². The second-order valence-electron chi connectivity index (χ2n) is 5.85. The Hall–Kier alpha value is -2.37. The summed E-state index contributed by atoms with van der Waals surface area (Å²) in [5, 5.41) is 17.9. The molecule has 0 radical (unpaired) electrons. The van der Waals surface area contributed by atoms with Gasteiger partial charge in [-0.25, -0.2) is 9.59 Å². The Morgan fingerprint density at radius 1 is 1.00 bits per heavy atom. The fourth-order valence-electron chi connectivity index (χ4n) is 2.37. The fraction of sp³-hybridized carbons (Fsp3) is 0.471. The van der Waals surface area contributed by atoms with Crippen molar-refractivity contribution in [2.75, 3.05) is 0 Å². The van der Waals surface area contributed by atoms with Crippen LogP contribution in [0.25, 0.3) is 0 Å². The van der Waals surface area contributed by atoms with Crippen LogP contribution in [0, 0.1) is 11.8 Å². The molecule has 0 spiro atoms. The number of benzene rings is 1. The first-order valence-corrected chi connectivity index (χ1v) is 7.47. The van der Waals surface area contributed by atoms with Crippen molar-refractivity contribution in [1.29, 1.82) is 0 Å². The molecule has 0 fully saturated rings. The fourth-order valence-corrected chi connectivity index (χ4v) is 2.37. The van der Waals surface area contributed by atoms with Gasteiger partial charge in [-0.3, -0.25) is 4.79 Å². The van der Waals surface area contributed by atoms with Gasteiger partial charge < -0.3 is 14.9 Å². The van der Waals surface area contributed by atoms with E-state index in [1.165, 1.54) is 12.1 Å². The molecule has 0 saturated heterocycles. The average molecular weight is 322 g/mol. The minimum absolute atomic E-state index is 0.0121. The van der Waals surface area contributed by atoms with Crippen LogP contribution in [0.1, 0.15) is 54.3 Å². The lowest BCUT2D eigenvalue weighted by atomic mass is 9.88. The van der Waals surface area contributed by atoms with Crippen LogP contribution in [0.15, 0.2) is 24.3 Å². The van der Waals surface area contributed by atoms with E-state index in [-0.39, 0.29) is 29.4 Å². The molecule has 0 aliphatic rings. The van der Waals surface area contributed by atoms with Crippen molar-refractivity contribution in [2.24, 2.45) is 11.8 Å². The Morgan fingerprint density at radius 2 is 1.57 bits per heavy atom. The molecular formula is C17H22O6. The van der Waals surface area contributed by atoms with Gasteiger partial charge in [-0.1, -0.05) is 26.0 Å². The zero-order chi connectivity index (χ0) is 17.6. The van der Waals surface area contributed by atoms with Crippen LogP contribution < -0.4 is 0 Å². The summed E-state index contributed by atoms with van der Waals surface area (Å²) in [6, 6.07) is 5.88. The first kappa shape index (κ1) is 18.7. The molecule has 1 rings (SSSR count). The summed E-state index contributed by atoms with van der Waals surface area (Å²) in [7, 11) is 0. The summed E-state index contributed by atoms with van der Waals surface area (Å²) in [5.74, 6) is -2.71. The van der Waals surface area contributed by atoms with E-state index < -0.39 is 24.0 Å². The zero-order valence-corrected chi connectivity index (χ0v) is 13.5. The van der Waals surface area contributed by atoms with Crippen LogP contribution in [0.3, 0.4) is 0 Å². The van der Waals surface area contributed by atoms with Crippen LogP contribution in [0.5, 0.6) is 0 Å². The molecule has 6 nitrogen and oxygen atoms in total. The standard InChI is InChI=1S/C17H22O6/c1-10(11(2)9-15(18)19)8-12(3)23-17(22)14-7-5-4-6-13(14)16(20)21/h4-7,10-12H,8-9H2,1-3H3,(H,18,19)(H,20,21). The molecule has 1 aromatic carbocycles. The molecular weight excluding hydrogens is 300 g/mol. The van der Waals surface area contributed by atoms with E-state index in [1.807, 2.05) is 13.8 Å². The van der Waals surface area contributed by atoms with Crippen molar-refractivity contribution in [1.82, 2.24) is 0 Å². The minimum Gasteiger partial charge on any atom is -0.481 e. The smallest absolute Gasteiger partial charge is 0.339 e. The number of esters is 1. The lowest BCUT2D eigenvalue weighted by Gasteiger charge is -2.22. The summed E-state index contributed by atoms with van der Waals surface area (Å²) < 4.78 is 5.30. The molecule has 0 aromatic heterocycles. The third-order valence-corrected chi connectivity index (χ3v) is 3.86. The molecule has 0 saturated carbocycles. The molecule has 2 N–H and O–H groups in total. The van der Waals surface area contributed by atoms with Crippen molar-refractivity contribution in [3.63, 3.8) is 0 Å². The van der Waals surface area contributed by atoms with Gasteiger partial charge in [0.15, 0.2) is 0 Å². The van der Waals surface area contributed by atoms with E-state index in [0.29, 0.717) is 6.42 Å². The van der Waals surface area contributed by atoms with Crippen LogP contribution in [-0.2, 0) is 9.53 Å². The molecule has 3 unspecified atom stereocenters. The highest BCUT2D eigenvalue weighted by molar-refractivity contribution is 6.02. The summed E-state index contributed by atoms with van der Waals surface area (Å²) in [5.41, 5.74) is -0.0879. The number of aromatic carboxylic acids is 1. The Morgan fingerprint density at radius 3 is 2.09 bits per heavy atom. The molecule has 0 heterocycles. The van der Waals surface area contributed by atoms with E-state index in [9.17, 15) is 14.4 Å². The second kappa shape index (κ2) is 8.31. The number of aliphatic carboxylic acids is 1. The van der Waals surface area contributed by atoms with E-state index in [0.717, 1.165) is 0 Å². The van der Waals surface area contributed by atoms with Crippen LogP contribution >= 0.6 is 0 Å². The summed E-state index contributed by atoms with van der Waals surface area (Å²) in [6.07, 6.45) is 0.134. The molecule has 0 aliphatic carbocycles. The molecule has 1 aromatic rings. The molecule has 23 heavy (non-hydrogen) atoms. The quantitative estimate of drug-likeness (QED) is 0.713. The molecule has 0 bridgehead atoms. The monoisotopic (exact) mass is 322 g/mol. The van der Waals surface area contributed by atoms with Gasteiger partial charge >= 0.3 is 17.9 Å². The lowest BCUT2D eigenvalue weighted by Crippen LogP contribution is -2.22. The van der Waals surface area contributed by atoms with Crippen LogP contribution in [-0.4, -0.2) is 34.2 Å². The van der Waals surface area contributed by atoms with Crippen LogP contribution in [0.2, 0.25) is 0 Å². The second-order valence-corrected chi connectivity index (χ2v) is 5.85. The number of hydrogen-bond acceptors (Lipinski definition) is 4. The highest BCUT2D eigenvalue weighted by Gasteiger charge is 2.22. The Kier molecular flexibility index (Phi) is 6.75. The third kappa shape index (κ3) is 5.73. The Balaban J connectivity index is 2.67. The normalized spacial score (nSPS) is 14.6.